The van der Waals surface area contributed by atoms with E-state index in [0.29, 0.717) is 11.6 Å². The maximum absolute atomic E-state index is 14.0. The molecule has 1 rings (SSSR count). The van der Waals surface area contributed by atoms with Crippen LogP contribution in [0, 0.1) is 11.7 Å². The lowest BCUT2D eigenvalue weighted by Gasteiger charge is -2.32. The zero-order chi connectivity index (χ0) is 14.6. The molecule has 0 aliphatic carbocycles. The second-order valence-corrected chi connectivity index (χ2v) is 5.26. The van der Waals surface area contributed by atoms with E-state index in [1.807, 2.05) is 13.8 Å². The van der Waals surface area contributed by atoms with Gasteiger partial charge in [-0.15, -0.1) is 0 Å². The number of benzene rings is 1. The number of rotatable bonds is 5. The monoisotopic (exact) mass is 267 g/mol. The topological polar surface area (TPSA) is 61.8 Å². The van der Waals surface area contributed by atoms with Gasteiger partial charge in [-0.25, -0.2) is 4.39 Å². The molecule has 0 aliphatic rings. The minimum atomic E-state index is -0.484. The SMILES string of the molecule is CC(C)CN(c1cccc(F)c1C(N)=NO)C(C)C. The first kappa shape index (κ1) is 15.3. The number of nitrogens with zero attached hydrogens (tertiary/aromatic N) is 2. The van der Waals surface area contributed by atoms with E-state index in [1.165, 1.54) is 6.07 Å². The largest absolute Gasteiger partial charge is 0.409 e. The highest BCUT2D eigenvalue weighted by atomic mass is 19.1. The van der Waals surface area contributed by atoms with E-state index in [4.69, 9.17) is 10.9 Å². The normalized spacial score (nSPS) is 12.3. The first-order valence-corrected chi connectivity index (χ1v) is 6.41. The first-order valence-electron chi connectivity index (χ1n) is 6.41. The van der Waals surface area contributed by atoms with Gasteiger partial charge < -0.3 is 15.8 Å². The zero-order valence-corrected chi connectivity index (χ0v) is 11.9. The Morgan fingerprint density at radius 3 is 2.47 bits per heavy atom. The number of halogens is 1. The van der Waals surface area contributed by atoms with Gasteiger partial charge >= 0.3 is 0 Å². The molecule has 0 bridgehead atoms. The Labute approximate surface area is 113 Å². The van der Waals surface area contributed by atoms with E-state index in [9.17, 15) is 4.39 Å². The summed E-state index contributed by atoms with van der Waals surface area (Å²) in [5.74, 6) is -0.268. The Morgan fingerprint density at radius 1 is 1.37 bits per heavy atom. The third-order valence-corrected chi connectivity index (χ3v) is 2.85. The van der Waals surface area contributed by atoms with E-state index in [1.54, 1.807) is 12.1 Å². The van der Waals surface area contributed by atoms with Crippen molar-refractivity contribution in [3.8, 4) is 0 Å². The van der Waals surface area contributed by atoms with Crippen molar-refractivity contribution < 1.29 is 9.60 Å². The molecule has 1 aromatic carbocycles. The number of oxime groups is 1. The van der Waals surface area contributed by atoms with Crippen molar-refractivity contribution in [2.75, 3.05) is 11.4 Å². The quantitative estimate of drug-likeness (QED) is 0.373. The maximum atomic E-state index is 14.0. The van der Waals surface area contributed by atoms with Crippen LogP contribution < -0.4 is 10.6 Å². The fourth-order valence-electron chi connectivity index (χ4n) is 2.04. The number of anilines is 1. The molecular weight excluding hydrogens is 245 g/mol. The summed E-state index contributed by atoms with van der Waals surface area (Å²) < 4.78 is 14.0. The van der Waals surface area contributed by atoms with E-state index < -0.39 is 5.82 Å². The first-order chi connectivity index (χ1) is 8.88. The highest BCUT2D eigenvalue weighted by Crippen LogP contribution is 2.26. The summed E-state index contributed by atoms with van der Waals surface area (Å²) >= 11 is 0. The van der Waals surface area contributed by atoms with Gasteiger partial charge in [-0.1, -0.05) is 25.1 Å². The molecule has 19 heavy (non-hydrogen) atoms. The molecule has 106 valence electrons. The highest BCUT2D eigenvalue weighted by molar-refractivity contribution is 6.02. The second-order valence-electron chi connectivity index (χ2n) is 5.26. The van der Waals surface area contributed by atoms with Crippen molar-refractivity contribution in [2.24, 2.45) is 16.8 Å². The molecule has 0 heterocycles. The molecule has 0 radical (unpaired) electrons. The summed E-state index contributed by atoms with van der Waals surface area (Å²) in [5, 5.41) is 11.7. The fraction of sp³-hybridized carbons (Fsp3) is 0.500. The van der Waals surface area contributed by atoms with Crippen LogP contribution in [0.1, 0.15) is 33.3 Å². The average Bonchev–Trinajstić information content (AvgIpc) is 2.34. The predicted octanol–water partition coefficient (Wildman–Crippen LogP) is 2.79. The fourth-order valence-corrected chi connectivity index (χ4v) is 2.04. The standard InChI is InChI=1S/C14H22FN3O/c1-9(2)8-18(10(3)4)12-7-5-6-11(15)13(12)14(16)17-19/h5-7,9-10,19H,8H2,1-4H3,(H2,16,17). The van der Waals surface area contributed by atoms with Crippen molar-refractivity contribution >= 4 is 11.5 Å². The number of hydrogen-bond acceptors (Lipinski definition) is 3. The molecule has 0 atom stereocenters. The van der Waals surface area contributed by atoms with Crippen LogP contribution in [0.5, 0.6) is 0 Å². The number of amidine groups is 1. The van der Waals surface area contributed by atoms with Crippen LogP contribution in [-0.2, 0) is 0 Å². The molecule has 0 aliphatic heterocycles. The summed E-state index contributed by atoms with van der Waals surface area (Å²) in [5.41, 5.74) is 6.40. The average molecular weight is 267 g/mol. The van der Waals surface area contributed by atoms with Gasteiger partial charge in [-0.3, -0.25) is 0 Å². The third kappa shape index (κ3) is 3.59. The summed E-state index contributed by atoms with van der Waals surface area (Å²) in [6.07, 6.45) is 0. The van der Waals surface area contributed by atoms with Crippen LogP contribution in [0.2, 0.25) is 0 Å². The Bertz CT molecular complexity index is 458. The van der Waals surface area contributed by atoms with Crippen LogP contribution in [0.25, 0.3) is 0 Å². The predicted molar refractivity (Wildman–Crippen MR) is 76.2 cm³/mol. The molecule has 0 saturated heterocycles. The Morgan fingerprint density at radius 2 is 2.00 bits per heavy atom. The van der Waals surface area contributed by atoms with Crippen molar-refractivity contribution in [2.45, 2.75) is 33.7 Å². The van der Waals surface area contributed by atoms with Gasteiger partial charge in [0.1, 0.15) is 5.82 Å². The lowest BCUT2D eigenvalue weighted by Crippen LogP contribution is -2.36. The molecule has 0 spiro atoms. The van der Waals surface area contributed by atoms with Crippen LogP contribution in [-0.4, -0.2) is 23.6 Å². The zero-order valence-electron chi connectivity index (χ0n) is 11.9. The molecule has 4 nitrogen and oxygen atoms in total. The van der Waals surface area contributed by atoms with E-state index in [-0.39, 0.29) is 17.4 Å². The van der Waals surface area contributed by atoms with Gasteiger partial charge in [-0.05, 0) is 31.9 Å². The highest BCUT2D eigenvalue weighted by Gasteiger charge is 2.20. The van der Waals surface area contributed by atoms with E-state index >= 15 is 0 Å². The van der Waals surface area contributed by atoms with E-state index in [0.717, 1.165) is 6.54 Å². The Balaban J connectivity index is 3.34. The minimum absolute atomic E-state index is 0.152. The maximum Gasteiger partial charge on any atom is 0.175 e. The molecule has 5 heteroatoms. The Hall–Kier alpha value is -1.78. The molecule has 0 amide bonds. The van der Waals surface area contributed by atoms with Gasteiger partial charge in [0.15, 0.2) is 5.84 Å². The van der Waals surface area contributed by atoms with Crippen molar-refractivity contribution in [3.63, 3.8) is 0 Å². The molecule has 0 unspecified atom stereocenters. The number of nitrogens with two attached hydrogens (primary N) is 1. The van der Waals surface area contributed by atoms with Crippen molar-refractivity contribution in [1.82, 2.24) is 0 Å². The van der Waals surface area contributed by atoms with Gasteiger partial charge in [0.25, 0.3) is 0 Å². The van der Waals surface area contributed by atoms with Crippen LogP contribution in [0.4, 0.5) is 10.1 Å². The smallest absolute Gasteiger partial charge is 0.175 e. The summed E-state index contributed by atoms with van der Waals surface area (Å²) in [6.45, 7) is 9.02. The van der Waals surface area contributed by atoms with Crippen LogP contribution >= 0.6 is 0 Å². The molecule has 1 aromatic rings. The van der Waals surface area contributed by atoms with Crippen molar-refractivity contribution in [1.29, 1.82) is 0 Å². The van der Waals surface area contributed by atoms with Crippen LogP contribution in [0.15, 0.2) is 23.4 Å². The van der Waals surface area contributed by atoms with Gasteiger partial charge in [-0.2, -0.15) is 0 Å². The van der Waals surface area contributed by atoms with E-state index in [2.05, 4.69) is 23.9 Å². The molecule has 0 fully saturated rings. The third-order valence-electron chi connectivity index (χ3n) is 2.85. The van der Waals surface area contributed by atoms with Gasteiger partial charge in [0.2, 0.25) is 0 Å². The summed E-state index contributed by atoms with van der Waals surface area (Å²) in [4.78, 5) is 2.06. The van der Waals surface area contributed by atoms with Crippen molar-refractivity contribution in [3.05, 3.63) is 29.6 Å². The Kier molecular flexibility index (Phi) is 5.15. The lowest BCUT2D eigenvalue weighted by molar-refractivity contribution is 0.318. The molecule has 0 aromatic heterocycles. The van der Waals surface area contributed by atoms with Gasteiger partial charge in [0.05, 0.1) is 11.3 Å². The number of hydrogen-bond donors (Lipinski definition) is 2. The summed E-state index contributed by atoms with van der Waals surface area (Å²) in [6, 6.07) is 4.92. The molecular formula is C14H22FN3O. The minimum Gasteiger partial charge on any atom is -0.409 e. The second kappa shape index (κ2) is 6.41. The van der Waals surface area contributed by atoms with Gasteiger partial charge in [0, 0.05) is 12.6 Å². The summed E-state index contributed by atoms with van der Waals surface area (Å²) in [7, 11) is 0. The lowest BCUT2D eigenvalue weighted by atomic mass is 10.1. The molecule has 0 saturated carbocycles. The molecule has 3 N–H and O–H groups in total. The van der Waals surface area contributed by atoms with Crippen LogP contribution in [0.3, 0.4) is 0 Å².